The van der Waals surface area contributed by atoms with Crippen LogP contribution in [0.5, 0.6) is 5.75 Å². The van der Waals surface area contributed by atoms with Crippen LogP contribution in [-0.2, 0) is 0 Å². The van der Waals surface area contributed by atoms with Gasteiger partial charge in [0.25, 0.3) is 0 Å². The topological polar surface area (TPSA) is 40.5 Å². The van der Waals surface area contributed by atoms with Crippen LogP contribution in [0.4, 0.5) is 0 Å². The molecule has 2 nitrogen and oxygen atoms in total. The van der Waals surface area contributed by atoms with Gasteiger partial charge in [-0.3, -0.25) is 0 Å². The largest absolute Gasteiger partial charge is 0.508 e. The zero-order valence-corrected chi connectivity index (χ0v) is 5.78. The Morgan fingerprint density at radius 1 is 1.40 bits per heavy atom. The molecule has 0 aliphatic rings. The molecule has 0 heterocycles. The van der Waals surface area contributed by atoms with Crippen LogP contribution in [0.15, 0.2) is 24.3 Å². The molecule has 0 bridgehead atoms. The summed E-state index contributed by atoms with van der Waals surface area (Å²) in [5.41, 5.74) is 0.736. The van der Waals surface area contributed by atoms with E-state index in [2.05, 4.69) is 0 Å². The van der Waals surface area contributed by atoms with Gasteiger partial charge in [-0.1, -0.05) is 12.1 Å². The first-order valence-electron chi connectivity index (χ1n) is 3.17. The van der Waals surface area contributed by atoms with Crippen LogP contribution in [0.25, 0.3) is 0 Å². The van der Waals surface area contributed by atoms with Crippen molar-refractivity contribution in [2.24, 2.45) is 0 Å². The first kappa shape index (κ1) is 7.09. The van der Waals surface area contributed by atoms with E-state index >= 15 is 0 Å². The monoisotopic (exact) mass is 138 g/mol. The van der Waals surface area contributed by atoms with E-state index in [4.69, 9.17) is 10.2 Å². The quantitative estimate of drug-likeness (QED) is 0.616. The highest BCUT2D eigenvalue weighted by atomic mass is 16.3. The van der Waals surface area contributed by atoms with Crippen molar-refractivity contribution < 1.29 is 10.2 Å². The van der Waals surface area contributed by atoms with Crippen molar-refractivity contribution in [2.75, 3.05) is 0 Å². The number of hydrogen-bond acceptors (Lipinski definition) is 2. The Morgan fingerprint density at radius 2 is 2.10 bits per heavy atom. The molecule has 0 aromatic heterocycles. The van der Waals surface area contributed by atoms with E-state index in [-0.39, 0.29) is 5.75 Å². The van der Waals surface area contributed by atoms with Crippen molar-refractivity contribution in [3.63, 3.8) is 0 Å². The molecule has 1 aromatic rings. The minimum atomic E-state index is -0.507. The molecule has 1 aromatic carbocycles. The maximum atomic E-state index is 9.04. The molecule has 10 heavy (non-hydrogen) atoms. The highest BCUT2D eigenvalue weighted by Gasteiger charge is 1.98. The molecule has 0 aliphatic carbocycles. The molecule has 2 heteroatoms. The third-order valence-electron chi connectivity index (χ3n) is 1.35. The molecule has 1 rings (SSSR count). The maximum Gasteiger partial charge on any atom is 0.115 e. The molecule has 0 saturated heterocycles. The second kappa shape index (κ2) is 2.71. The Hall–Kier alpha value is -1.02. The number of hydrogen-bond donors (Lipinski definition) is 2. The predicted octanol–water partition coefficient (Wildman–Crippen LogP) is 1.45. The van der Waals surface area contributed by atoms with Gasteiger partial charge in [-0.15, -0.1) is 0 Å². The first-order chi connectivity index (χ1) is 4.70. The number of phenolic OH excluding ortho intramolecular Hbond substituents is 1. The van der Waals surface area contributed by atoms with E-state index in [1.54, 1.807) is 31.2 Å². The van der Waals surface area contributed by atoms with Crippen molar-refractivity contribution in [3.05, 3.63) is 29.8 Å². The van der Waals surface area contributed by atoms with E-state index in [1.807, 2.05) is 0 Å². The summed E-state index contributed by atoms with van der Waals surface area (Å²) in [4.78, 5) is 0. The maximum absolute atomic E-state index is 9.04. The summed E-state index contributed by atoms with van der Waals surface area (Å²) in [6.07, 6.45) is -0.507. The van der Waals surface area contributed by atoms with Gasteiger partial charge in [0.15, 0.2) is 0 Å². The summed E-state index contributed by atoms with van der Waals surface area (Å²) >= 11 is 0. The third kappa shape index (κ3) is 1.48. The fourth-order valence-corrected chi connectivity index (χ4v) is 0.785. The zero-order valence-electron chi connectivity index (χ0n) is 5.78. The summed E-state index contributed by atoms with van der Waals surface area (Å²) in [5.74, 6) is 0.193. The van der Waals surface area contributed by atoms with Gasteiger partial charge >= 0.3 is 0 Å². The number of benzene rings is 1. The van der Waals surface area contributed by atoms with Gasteiger partial charge in [-0.25, -0.2) is 0 Å². The highest BCUT2D eigenvalue weighted by molar-refractivity contribution is 5.28. The second-order valence-corrected chi connectivity index (χ2v) is 2.27. The van der Waals surface area contributed by atoms with Crippen LogP contribution >= 0.6 is 0 Å². The minimum absolute atomic E-state index is 0.193. The summed E-state index contributed by atoms with van der Waals surface area (Å²) in [6.45, 7) is 1.66. The predicted molar refractivity (Wildman–Crippen MR) is 38.7 cm³/mol. The SMILES string of the molecule is CC(O)c1cccc(O)c1. The smallest absolute Gasteiger partial charge is 0.115 e. The van der Waals surface area contributed by atoms with Crippen LogP contribution in [0, 0.1) is 0 Å². The number of aliphatic hydroxyl groups excluding tert-OH is 1. The van der Waals surface area contributed by atoms with E-state index in [0.29, 0.717) is 0 Å². The molecular weight excluding hydrogens is 128 g/mol. The minimum Gasteiger partial charge on any atom is -0.508 e. The van der Waals surface area contributed by atoms with E-state index < -0.39 is 6.10 Å². The van der Waals surface area contributed by atoms with Crippen molar-refractivity contribution in [2.45, 2.75) is 13.0 Å². The molecule has 0 radical (unpaired) electrons. The van der Waals surface area contributed by atoms with Crippen LogP contribution in [0.2, 0.25) is 0 Å². The normalized spacial score (nSPS) is 13.0. The number of aromatic hydroxyl groups is 1. The van der Waals surface area contributed by atoms with Gasteiger partial charge in [0.2, 0.25) is 0 Å². The average Bonchev–Trinajstić information content (AvgIpc) is 1.88. The van der Waals surface area contributed by atoms with Gasteiger partial charge < -0.3 is 10.2 Å². The molecule has 0 spiro atoms. The summed E-state index contributed by atoms with van der Waals surface area (Å²) in [5, 5.41) is 18.0. The van der Waals surface area contributed by atoms with Crippen molar-refractivity contribution in [3.8, 4) is 5.75 Å². The molecule has 54 valence electrons. The standard InChI is InChI=1S/C8H10O2/c1-6(9)7-3-2-4-8(10)5-7/h2-6,9-10H,1H3. The molecule has 1 unspecified atom stereocenters. The molecule has 1 atom stereocenters. The molecule has 0 fully saturated rings. The summed E-state index contributed by atoms with van der Waals surface area (Å²) in [6, 6.07) is 6.60. The Balaban J connectivity index is 2.96. The first-order valence-corrected chi connectivity index (χ1v) is 3.17. The van der Waals surface area contributed by atoms with Gasteiger partial charge in [-0.2, -0.15) is 0 Å². The van der Waals surface area contributed by atoms with Crippen LogP contribution < -0.4 is 0 Å². The van der Waals surface area contributed by atoms with Gasteiger partial charge in [0, 0.05) is 0 Å². The Labute approximate surface area is 59.7 Å². The molecular formula is C8H10O2. The van der Waals surface area contributed by atoms with Gasteiger partial charge in [-0.05, 0) is 24.6 Å². The lowest BCUT2D eigenvalue weighted by Gasteiger charge is -2.02. The highest BCUT2D eigenvalue weighted by Crippen LogP contribution is 2.16. The van der Waals surface area contributed by atoms with Crippen LogP contribution in [0.1, 0.15) is 18.6 Å². The van der Waals surface area contributed by atoms with E-state index in [1.165, 1.54) is 0 Å². The van der Waals surface area contributed by atoms with Gasteiger partial charge in [0.1, 0.15) is 5.75 Å². The van der Waals surface area contributed by atoms with E-state index in [0.717, 1.165) is 5.56 Å². The second-order valence-electron chi connectivity index (χ2n) is 2.27. The average molecular weight is 138 g/mol. The third-order valence-corrected chi connectivity index (χ3v) is 1.35. The fourth-order valence-electron chi connectivity index (χ4n) is 0.785. The molecule has 2 N–H and O–H groups in total. The number of phenols is 1. The Bertz CT molecular complexity index is 218. The molecule has 0 amide bonds. The van der Waals surface area contributed by atoms with Gasteiger partial charge in [0.05, 0.1) is 6.10 Å². The van der Waals surface area contributed by atoms with E-state index in [9.17, 15) is 0 Å². The summed E-state index contributed by atoms with van der Waals surface area (Å²) in [7, 11) is 0. The fraction of sp³-hybridized carbons (Fsp3) is 0.250. The van der Waals surface area contributed by atoms with Crippen molar-refractivity contribution in [1.82, 2.24) is 0 Å². The Morgan fingerprint density at radius 3 is 2.50 bits per heavy atom. The van der Waals surface area contributed by atoms with Crippen molar-refractivity contribution >= 4 is 0 Å². The van der Waals surface area contributed by atoms with Crippen LogP contribution in [0.3, 0.4) is 0 Å². The zero-order chi connectivity index (χ0) is 7.56. The molecule has 0 saturated carbocycles. The Kier molecular flexibility index (Phi) is 1.92. The lowest BCUT2D eigenvalue weighted by atomic mass is 10.1. The van der Waals surface area contributed by atoms with Crippen molar-refractivity contribution in [1.29, 1.82) is 0 Å². The molecule has 0 aliphatic heterocycles. The lowest BCUT2D eigenvalue weighted by Crippen LogP contribution is -1.88. The lowest BCUT2D eigenvalue weighted by molar-refractivity contribution is 0.199. The van der Waals surface area contributed by atoms with Crippen LogP contribution in [-0.4, -0.2) is 10.2 Å². The summed E-state index contributed by atoms with van der Waals surface area (Å²) < 4.78 is 0. The number of rotatable bonds is 1. The number of aliphatic hydroxyl groups is 1.